The Morgan fingerprint density at radius 3 is 2.80 bits per heavy atom. The minimum Gasteiger partial charge on any atom is -0.431 e. The monoisotopic (exact) mass is 287 g/mol. The third kappa shape index (κ3) is 2.41. The van der Waals surface area contributed by atoms with Gasteiger partial charge in [0.15, 0.2) is 11.4 Å². The molecule has 100 valence electrons. The van der Waals surface area contributed by atoms with Gasteiger partial charge < -0.3 is 15.4 Å². The highest BCUT2D eigenvalue weighted by Gasteiger charge is 2.09. The predicted molar refractivity (Wildman–Crippen MR) is 72.7 cm³/mol. The Bertz CT molecular complexity index is 736. The van der Waals surface area contributed by atoms with Gasteiger partial charge in [-0.3, -0.25) is 0 Å². The van der Waals surface area contributed by atoms with E-state index in [0.29, 0.717) is 15.9 Å². The maximum Gasteiger partial charge on any atom is 0.263 e. The Hall–Kier alpha value is -2.61. The van der Waals surface area contributed by atoms with Crippen molar-refractivity contribution in [2.45, 2.75) is 10.2 Å². The number of amidine groups is 1. The van der Waals surface area contributed by atoms with Crippen molar-refractivity contribution < 1.29 is 9.62 Å². The lowest BCUT2D eigenvalue weighted by molar-refractivity contribution is 0.318. The fourth-order valence-electron chi connectivity index (χ4n) is 1.54. The number of benzene rings is 1. The summed E-state index contributed by atoms with van der Waals surface area (Å²) in [5, 5.41) is 12.5. The standard InChI is InChI=1S/C12H9N5O2S/c13-11(17-18)8-5-15-10(6-14-8)20-12-16-7-3-1-2-4-9(7)19-12/h1-6,18H,(H2,13,17). The van der Waals surface area contributed by atoms with E-state index in [1.807, 2.05) is 24.3 Å². The molecule has 3 rings (SSSR count). The molecule has 3 N–H and O–H groups in total. The molecule has 1 aromatic carbocycles. The number of hydrogen-bond donors (Lipinski definition) is 2. The first-order valence-electron chi connectivity index (χ1n) is 5.59. The van der Waals surface area contributed by atoms with Gasteiger partial charge in [-0.15, -0.1) is 0 Å². The fourth-order valence-corrected chi connectivity index (χ4v) is 2.20. The summed E-state index contributed by atoms with van der Waals surface area (Å²) < 4.78 is 5.57. The van der Waals surface area contributed by atoms with Crippen LogP contribution in [0.4, 0.5) is 0 Å². The smallest absolute Gasteiger partial charge is 0.263 e. The molecule has 0 amide bonds. The maximum absolute atomic E-state index is 8.54. The number of para-hydroxylation sites is 2. The van der Waals surface area contributed by atoms with Crippen LogP contribution < -0.4 is 5.73 Å². The molecule has 0 saturated heterocycles. The van der Waals surface area contributed by atoms with Gasteiger partial charge in [0.1, 0.15) is 16.2 Å². The highest BCUT2D eigenvalue weighted by atomic mass is 32.2. The molecule has 0 bridgehead atoms. The van der Waals surface area contributed by atoms with Crippen LogP contribution in [0.25, 0.3) is 11.1 Å². The Morgan fingerprint density at radius 1 is 1.25 bits per heavy atom. The van der Waals surface area contributed by atoms with Gasteiger partial charge in [-0.1, -0.05) is 17.3 Å². The number of nitrogens with zero attached hydrogens (tertiary/aromatic N) is 4. The van der Waals surface area contributed by atoms with Crippen LogP contribution in [0.1, 0.15) is 5.69 Å². The lowest BCUT2D eigenvalue weighted by atomic mass is 10.3. The topological polar surface area (TPSA) is 110 Å². The largest absolute Gasteiger partial charge is 0.431 e. The predicted octanol–water partition coefficient (Wildman–Crippen LogP) is 1.86. The van der Waals surface area contributed by atoms with E-state index < -0.39 is 0 Å². The van der Waals surface area contributed by atoms with Crippen molar-refractivity contribution in [2.75, 3.05) is 0 Å². The fraction of sp³-hybridized carbons (Fsp3) is 0. The van der Waals surface area contributed by atoms with Crippen LogP contribution in [-0.4, -0.2) is 26.0 Å². The van der Waals surface area contributed by atoms with E-state index in [1.165, 1.54) is 24.2 Å². The van der Waals surface area contributed by atoms with Crippen LogP contribution >= 0.6 is 11.8 Å². The number of rotatable bonds is 3. The minimum absolute atomic E-state index is 0.0871. The van der Waals surface area contributed by atoms with E-state index in [2.05, 4.69) is 20.1 Å². The summed E-state index contributed by atoms with van der Waals surface area (Å²) in [5.41, 5.74) is 7.22. The Morgan fingerprint density at radius 2 is 2.10 bits per heavy atom. The van der Waals surface area contributed by atoms with Gasteiger partial charge in [0.05, 0.1) is 12.4 Å². The quantitative estimate of drug-likeness (QED) is 0.327. The van der Waals surface area contributed by atoms with Crippen LogP contribution in [0.2, 0.25) is 0 Å². The minimum atomic E-state index is -0.0871. The average Bonchev–Trinajstić information content (AvgIpc) is 2.89. The van der Waals surface area contributed by atoms with Gasteiger partial charge in [-0.05, 0) is 23.9 Å². The second kappa shape index (κ2) is 5.17. The summed E-state index contributed by atoms with van der Waals surface area (Å²) in [5.74, 6) is -0.0871. The summed E-state index contributed by atoms with van der Waals surface area (Å²) in [6, 6.07) is 7.49. The SMILES string of the molecule is NC(=NO)c1cnc(Sc2nc3ccccc3o2)cn1. The zero-order valence-electron chi connectivity index (χ0n) is 10.1. The van der Waals surface area contributed by atoms with Crippen LogP contribution in [0.5, 0.6) is 0 Å². The molecule has 0 atom stereocenters. The lowest BCUT2D eigenvalue weighted by Gasteiger charge is -1.98. The Labute approximate surface area is 117 Å². The molecule has 0 unspecified atom stereocenters. The highest BCUT2D eigenvalue weighted by Crippen LogP contribution is 2.27. The van der Waals surface area contributed by atoms with Gasteiger partial charge in [0, 0.05) is 0 Å². The van der Waals surface area contributed by atoms with E-state index >= 15 is 0 Å². The van der Waals surface area contributed by atoms with Gasteiger partial charge in [-0.2, -0.15) is 0 Å². The van der Waals surface area contributed by atoms with E-state index in [-0.39, 0.29) is 5.84 Å². The summed E-state index contributed by atoms with van der Waals surface area (Å²) in [6.07, 6.45) is 2.92. The number of oxime groups is 1. The molecular formula is C12H9N5O2S. The zero-order chi connectivity index (χ0) is 13.9. The van der Waals surface area contributed by atoms with Crippen LogP contribution in [0.3, 0.4) is 0 Å². The number of fused-ring (bicyclic) bond motifs is 1. The highest BCUT2D eigenvalue weighted by molar-refractivity contribution is 7.99. The molecule has 0 aliphatic rings. The van der Waals surface area contributed by atoms with Gasteiger partial charge in [0.25, 0.3) is 5.22 Å². The molecule has 0 saturated carbocycles. The van der Waals surface area contributed by atoms with Gasteiger partial charge in [0.2, 0.25) is 0 Å². The maximum atomic E-state index is 8.54. The number of nitrogens with two attached hydrogens (primary N) is 1. The molecule has 0 aliphatic carbocycles. The Kier molecular flexibility index (Phi) is 3.21. The number of aromatic nitrogens is 3. The molecule has 0 aliphatic heterocycles. The Balaban J connectivity index is 1.83. The van der Waals surface area contributed by atoms with Crippen molar-refractivity contribution >= 4 is 28.7 Å². The van der Waals surface area contributed by atoms with Crippen molar-refractivity contribution in [3.63, 3.8) is 0 Å². The third-order valence-corrected chi connectivity index (χ3v) is 3.23. The van der Waals surface area contributed by atoms with Crippen molar-refractivity contribution in [1.29, 1.82) is 0 Å². The van der Waals surface area contributed by atoms with Gasteiger partial charge >= 0.3 is 0 Å². The van der Waals surface area contributed by atoms with Crippen molar-refractivity contribution in [2.24, 2.45) is 10.9 Å². The molecule has 0 radical (unpaired) electrons. The second-order valence-corrected chi connectivity index (χ2v) is 4.75. The van der Waals surface area contributed by atoms with Crippen LogP contribution in [0.15, 0.2) is 56.5 Å². The first kappa shape index (κ1) is 12.4. The van der Waals surface area contributed by atoms with Crippen LogP contribution in [0, 0.1) is 0 Å². The molecule has 3 aromatic rings. The van der Waals surface area contributed by atoms with E-state index in [1.54, 1.807) is 0 Å². The molecule has 2 aromatic heterocycles. The summed E-state index contributed by atoms with van der Waals surface area (Å²) >= 11 is 1.25. The van der Waals surface area contributed by atoms with E-state index in [0.717, 1.165) is 11.1 Å². The molecule has 7 nitrogen and oxygen atoms in total. The number of hydrogen-bond acceptors (Lipinski definition) is 7. The summed E-state index contributed by atoms with van der Waals surface area (Å²) in [4.78, 5) is 12.5. The van der Waals surface area contributed by atoms with Gasteiger partial charge in [-0.25, -0.2) is 15.0 Å². The van der Waals surface area contributed by atoms with Crippen molar-refractivity contribution in [1.82, 2.24) is 15.0 Å². The number of oxazole rings is 1. The lowest BCUT2D eigenvalue weighted by Crippen LogP contribution is -2.15. The molecule has 20 heavy (non-hydrogen) atoms. The summed E-state index contributed by atoms with van der Waals surface area (Å²) in [6.45, 7) is 0. The van der Waals surface area contributed by atoms with Crippen molar-refractivity contribution in [3.05, 3.63) is 42.4 Å². The average molecular weight is 287 g/mol. The van der Waals surface area contributed by atoms with Crippen LogP contribution in [-0.2, 0) is 0 Å². The first-order valence-corrected chi connectivity index (χ1v) is 6.41. The molecule has 0 fully saturated rings. The van der Waals surface area contributed by atoms with E-state index in [4.69, 9.17) is 15.4 Å². The second-order valence-electron chi connectivity index (χ2n) is 3.77. The molecule has 8 heteroatoms. The molecular weight excluding hydrogens is 278 g/mol. The van der Waals surface area contributed by atoms with Crippen molar-refractivity contribution in [3.8, 4) is 0 Å². The summed E-state index contributed by atoms with van der Waals surface area (Å²) in [7, 11) is 0. The first-order chi connectivity index (χ1) is 9.76. The van der Waals surface area contributed by atoms with E-state index in [9.17, 15) is 0 Å². The zero-order valence-corrected chi connectivity index (χ0v) is 10.9. The normalized spacial score (nSPS) is 11.9. The molecule has 0 spiro atoms. The molecule has 2 heterocycles. The third-order valence-electron chi connectivity index (χ3n) is 2.46.